The third-order valence-electron chi connectivity index (χ3n) is 0.996. The number of H-pyrrole nitrogens is 1. The van der Waals surface area contributed by atoms with E-state index >= 15 is 0 Å². The Morgan fingerprint density at radius 2 is 1.55 bits per heavy atom. The average molecular weight is 170 g/mol. The smallest absolute Gasteiger partial charge is 0.187 e. The van der Waals surface area contributed by atoms with E-state index in [2.05, 4.69) is 24.1 Å². The van der Waals surface area contributed by atoms with Crippen LogP contribution in [0, 0.1) is 0 Å². The molecule has 0 atom stereocenters. The molecule has 0 radical (unpaired) electrons. The van der Waals surface area contributed by atoms with Crippen molar-refractivity contribution in [3.63, 3.8) is 0 Å². The van der Waals surface area contributed by atoms with E-state index in [1.165, 1.54) is 0 Å². The van der Waals surface area contributed by atoms with Gasteiger partial charge in [0.05, 0.1) is 0 Å². The van der Waals surface area contributed by atoms with E-state index in [0.717, 1.165) is 13.1 Å². The van der Waals surface area contributed by atoms with Gasteiger partial charge >= 0.3 is 0 Å². The quantitative estimate of drug-likeness (QED) is 0.620. The average Bonchev–Trinajstić information content (AvgIpc) is 2.44. The first-order valence-electron chi connectivity index (χ1n) is 3.70. The van der Waals surface area contributed by atoms with Crippen LogP contribution >= 0.6 is 0 Å². The molecule has 64 valence electrons. The summed E-state index contributed by atoms with van der Waals surface area (Å²) in [6.45, 7) is 6.39. The van der Waals surface area contributed by atoms with Gasteiger partial charge in [-0.2, -0.15) is 0 Å². The maximum atomic E-state index is 3.11. The molecule has 11 heavy (non-hydrogen) atoms. The Bertz CT molecular complexity index is 98.4. The van der Waals surface area contributed by atoms with E-state index in [1.54, 1.807) is 0 Å². The fourth-order valence-electron chi connectivity index (χ4n) is 0.528. The molecule has 0 amide bonds. The van der Waals surface area contributed by atoms with Crippen molar-refractivity contribution in [2.45, 2.75) is 13.8 Å². The van der Waals surface area contributed by atoms with E-state index < -0.39 is 0 Å². The summed E-state index contributed by atoms with van der Waals surface area (Å²) in [6.07, 6.45) is 3.75. The number of hydrogen-bond acceptors (Lipinski definition) is 1. The van der Waals surface area contributed by atoms with Gasteiger partial charge in [-0.1, -0.05) is 13.8 Å². The molecule has 0 saturated carbocycles. The molecular formula is C8H19AlN2. The Labute approximate surface area is 79.5 Å². The molecule has 3 heteroatoms. The van der Waals surface area contributed by atoms with Gasteiger partial charge in [-0.25, -0.2) is 0 Å². The number of aromatic nitrogens is 1. The molecule has 0 unspecified atom stereocenters. The van der Waals surface area contributed by atoms with Gasteiger partial charge < -0.3 is 10.3 Å². The van der Waals surface area contributed by atoms with Crippen LogP contribution in [0.5, 0.6) is 0 Å². The van der Waals surface area contributed by atoms with Crippen molar-refractivity contribution in [2.75, 3.05) is 13.1 Å². The van der Waals surface area contributed by atoms with Crippen LogP contribution in [-0.4, -0.2) is 35.4 Å². The lowest BCUT2D eigenvalue weighted by Crippen LogP contribution is -2.09. The van der Waals surface area contributed by atoms with Crippen molar-refractivity contribution in [3.8, 4) is 0 Å². The minimum absolute atomic E-state index is 0. The molecule has 0 aromatic carbocycles. The second kappa shape index (κ2) is 12.4. The highest BCUT2D eigenvalue weighted by molar-refractivity contribution is 5.75. The molecule has 1 rings (SSSR count). The molecule has 0 aliphatic heterocycles. The summed E-state index contributed by atoms with van der Waals surface area (Å²) in [6, 6.07) is 3.89. The Morgan fingerprint density at radius 1 is 1.09 bits per heavy atom. The van der Waals surface area contributed by atoms with Gasteiger partial charge in [-0.05, 0) is 25.2 Å². The van der Waals surface area contributed by atoms with Crippen molar-refractivity contribution in [3.05, 3.63) is 24.5 Å². The predicted molar refractivity (Wildman–Crippen MR) is 54.9 cm³/mol. The van der Waals surface area contributed by atoms with Gasteiger partial charge in [0, 0.05) is 12.4 Å². The summed E-state index contributed by atoms with van der Waals surface area (Å²) >= 11 is 0. The largest absolute Gasteiger partial charge is 0.368 e. The summed E-state index contributed by atoms with van der Waals surface area (Å²) in [5.74, 6) is 0. The van der Waals surface area contributed by atoms with Gasteiger partial charge in [-0.3, -0.25) is 0 Å². The molecule has 0 saturated heterocycles. The number of hydrogen-bond donors (Lipinski definition) is 2. The van der Waals surface area contributed by atoms with Crippen molar-refractivity contribution in [1.82, 2.24) is 10.3 Å². The lowest BCUT2D eigenvalue weighted by molar-refractivity contribution is 0.762. The van der Waals surface area contributed by atoms with Crippen molar-refractivity contribution in [2.24, 2.45) is 0 Å². The van der Waals surface area contributed by atoms with Crippen LogP contribution in [0.25, 0.3) is 0 Å². The van der Waals surface area contributed by atoms with Crippen LogP contribution in [0.4, 0.5) is 0 Å². The molecule has 2 N–H and O–H groups in total. The van der Waals surface area contributed by atoms with Gasteiger partial charge in [0.1, 0.15) is 0 Å². The molecule has 2 nitrogen and oxygen atoms in total. The van der Waals surface area contributed by atoms with Crippen molar-refractivity contribution >= 4 is 17.4 Å². The monoisotopic (exact) mass is 170 g/mol. The summed E-state index contributed by atoms with van der Waals surface area (Å²) in [4.78, 5) is 2.86. The molecule has 0 aliphatic rings. The van der Waals surface area contributed by atoms with Gasteiger partial charge in [0.15, 0.2) is 17.4 Å². The normalized spacial score (nSPS) is 7.45. The first kappa shape index (κ1) is 13.4. The topological polar surface area (TPSA) is 27.8 Å². The summed E-state index contributed by atoms with van der Waals surface area (Å²) in [5, 5.41) is 3.11. The van der Waals surface area contributed by atoms with Gasteiger partial charge in [0.25, 0.3) is 0 Å². The molecule has 1 aromatic rings. The lowest BCUT2D eigenvalue weighted by atomic mass is 10.7. The van der Waals surface area contributed by atoms with E-state index in [4.69, 9.17) is 0 Å². The molecule has 0 spiro atoms. The second-order valence-electron chi connectivity index (χ2n) is 1.84. The maximum absolute atomic E-state index is 3.11. The minimum atomic E-state index is 0. The van der Waals surface area contributed by atoms with Crippen LogP contribution in [-0.2, 0) is 0 Å². The fraction of sp³-hybridized carbons (Fsp3) is 0.500. The van der Waals surface area contributed by atoms with Crippen molar-refractivity contribution in [1.29, 1.82) is 0 Å². The zero-order chi connectivity index (χ0) is 7.66. The van der Waals surface area contributed by atoms with E-state index in [9.17, 15) is 0 Å². The molecule has 0 fully saturated rings. The van der Waals surface area contributed by atoms with E-state index in [-0.39, 0.29) is 17.4 Å². The number of rotatable bonds is 2. The van der Waals surface area contributed by atoms with Crippen LogP contribution in [0.3, 0.4) is 0 Å². The second-order valence-corrected chi connectivity index (χ2v) is 1.84. The predicted octanol–water partition coefficient (Wildman–Crippen LogP) is 0.447. The number of nitrogens with one attached hydrogen (secondary N) is 2. The zero-order valence-corrected chi connectivity index (χ0v) is 6.72. The third kappa shape index (κ3) is 12.9. The summed E-state index contributed by atoms with van der Waals surface area (Å²) in [7, 11) is 0. The van der Waals surface area contributed by atoms with Crippen LogP contribution in [0.2, 0.25) is 0 Å². The Morgan fingerprint density at radius 3 is 1.64 bits per heavy atom. The summed E-state index contributed by atoms with van der Waals surface area (Å²) < 4.78 is 0. The van der Waals surface area contributed by atoms with Gasteiger partial charge in [-0.15, -0.1) is 0 Å². The minimum Gasteiger partial charge on any atom is -0.368 e. The summed E-state index contributed by atoms with van der Waals surface area (Å²) in [5.41, 5.74) is 0. The first-order valence-corrected chi connectivity index (χ1v) is 3.70. The highest BCUT2D eigenvalue weighted by Crippen LogP contribution is 1.72. The van der Waals surface area contributed by atoms with Crippen LogP contribution in [0.1, 0.15) is 13.8 Å². The molecule has 0 aliphatic carbocycles. The Balaban J connectivity index is 0. The lowest BCUT2D eigenvalue weighted by Gasteiger charge is -1.86. The number of aromatic amines is 1. The Hall–Kier alpha value is -0.228. The highest BCUT2D eigenvalue weighted by atomic mass is 27.0. The van der Waals surface area contributed by atoms with E-state index in [0.29, 0.717) is 0 Å². The van der Waals surface area contributed by atoms with Gasteiger partial charge in [0.2, 0.25) is 0 Å². The molecular weight excluding hydrogens is 151 g/mol. The van der Waals surface area contributed by atoms with Crippen LogP contribution < -0.4 is 5.32 Å². The van der Waals surface area contributed by atoms with Crippen LogP contribution in [0.15, 0.2) is 24.5 Å². The fourth-order valence-corrected chi connectivity index (χ4v) is 0.528. The standard InChI is InChI=1S/C4H5N.C4H11N.Al.3H/c1-2-4-5-3-1;1-3-5-4-2;;;;/h1-5H;5H,3-4H2,1-2H3;;;;. The SMILES string of the molecule is CCNCC.[AlH3].c1cc[nH]c1. The Kier molecular flexibility index (Phi) is 15.1. The molecule has 0 bridgehead atoms. The molecule has 1 heterocycles. The molecule has 1 aromatic heterocycles. The zero-order valence-electron chi connectivity index (χ0n) is 6.72. The maximum Gasteiger partial charge on any atom is 0.187 e. The first-order chi connectivity index (χ1) is 4.91. The van der Waals surface area contributed by atoms with E-state index in [1.807, 2.05) is 24.5 Å². The highest BCUT2D eigenvalue weighted by Gasteiger charge is 1.62. The third-order valence-corrected chi connectivity index (χ3v) is 0.996. The van der Waals surface area contributed by atoms with Crippen molar-refractivity contribution < 1.29 is 0 Å².